The lowest BCUT2D eigenvalue weighted by Gasteiger charge is -2.26. The Hall–Kier alpha value is -2.59. The van der Waals surface area contributed by atoms with E-state index >= 15 is 0 Å². The number of likely N-dealkylation sites (tertiary alicyclic amines) is 1. The summed E-state index contributed by atoms with van der Waals surface area (Å²) in [6, 6.07) is 15.6. The van der Waals surface area contributed by atoms with E-state index in [4.69, 9.17) is 9.15 Å². The van der Waals surface area contributed by atoms with Crippen LogP contribution in [-0.4, -0.2) is 31.1 Å². The van der Waals surface area contributed by atoms with Gasteiger partial charge in [0.25, 0.3) is 0 Å². The average molecular weight is 406 g/mol. The first-order valence-electron chi connectivity index (χ1n) is 11.0. The third kappa shape index (κ3) is 4.44. The molecule has 0 N–H and O–H groups in total. The Labute approximate surface area is 178 Å². The molecule has 0 saturated carbocycles. The summed E-state index contributed by atoms with van der Waals surface area (Å²) in [5.41, 5.74) is 2.64. The molecule has 0 unspecified atom stereocenters. The van der Waals surface area contributed by atoms with Crippen molar-refractivity contribution in [2.75, 3.05) is 26.2 Å². The zero-order valence-corrected chi connectivity index (χ0v) is 18.2. The zero-order chi connectivity index (χ0) is 21.1. The molecule has 0 spiro atoms. The van der Waals surface area contributed by atoms with Crippen LogP contribution in [0.3, 0.4) is 0 Å². The molecule has 1 aliphatic heterocycles. The maximum Gasteiger partial charge on any atom is 0.235 e. The fourth-order valence-electron chi connectivity index (χ4n) is 4.03. The molecular formula is C26H31NO3. The van der Waals surface area contributed by atoms with Crippen LogP contribution in [0.25, 0.3) is 22.3 Å². The topological polar surface area (TPSA) is 42.7 Å². The summed E-state index contributed by atoms with van der Waals surface area (Å²) in [5.74, 6) is 0.826. The van der Waals surface area contributed by atoms with Crippen LogP contribution in [-0.2, 0) is 5.41 Å². The van der Waals surface area contributed by atoms with Gasteiger partial charge >= 0.3 is 0 Å². The van der Waals surface area contributed by atoms with Crippen LogP contribution in [0.15, 0.2) is 57.7 Å². The van der Waals surface area contributed by atoms with E-state index in [9.17, 15) is 4.79 Å². The Kier molecular flexibility index (Phi) is 5.96. The van der Waals surface area contributed by atoms with E-state index in [1.807, 2.05) is 30.3 Å². The molecule has 1 aromatic heterocycles. The summed E-state index contributed by atoms with van der Waals surface area (Å²) in [6.07, 6.45) is 3.79. The van der Waals surface area contributed by atoms with Gasteiger partial charge in [0, 0.05) is 12.1 Å². The number of hydrogen-bond acceptors (Lipinski definition) is 4. The van der Waals surface area contributed by atoms with E-state index < -0.39 is 0 Å². The van der Waals surface area contributed by atoms with Crippen molar-refractivity contribution in [1.82, 2.24) is 4.90 Å². The van der Waals surface area contributed by atoms with Gasteiger partial charge in [0.05, 0.1) is 5.39 Å². The molecule has 4 heteroatoms. The molecule has 0 bridgehead atoms. The van der Waals surface area contributed by atoms with Gasteiger partial charge in [0.1, 0.15) is 12.2 Å². The van der Waals surface area contributed by atoms with Crippen molar-refractivity contribution in [3.63, 3.8) is 0 Å². The number of fused-ring (bicyclic) bond motifs is 1. The van der Waals surface area contributed by atoms with Gasteiger partial charge in [-0.3, -0.25) is 9.69 Å². The third-order valence-corrected chi connectivity index (χ3v) is 5.87. The molecule has 0 radical (unpaired) electrons. The van der Waals surface area contributed by atoms with E-state index in [2.05, 4.69) is 37.8 Å². The lowest BCUT2D eigenvalue weighted by molar-refractivity contribution is 0.182. The normalized spacial score (nSPS) is 15.4. The second-order valence-electron chi connectivity index (χ2n) is 9.16. The van der Waals surface area contributed by atoms with E-state index in [0.29, 0.717) is 29.1 Å². The largest absolute Gasteiger partial charge is 0.485 e. The molecule has 3 aromatic rings. The number of para-hydroxylation sites is 1. The first kappa shape index (κ1) is 20.7. The second kappa shape index (κ2) is 8.65. The number of hydrogen-bond donors (Lipinski definition) is 0. The van der Waals surface area contributed by atoms with Gasteiger partial charge in [-0.05, 0) is 49.0 Å². The van der Waals surface area contributed by atoms with E-state index in [1.165, 1.54) is 24.8 Å². The minimum absolute atomic E-state index is 0.0660. The highest BCUT2D eigenvalue weighted by Gasteiger charge is 2.20. The van der Waals surface area contributed by atoms with Crippen molar-refractivity contribution in [2.24, 2.45) is 0 Å². The van der Waals surface area contributed by atoms with Crippen LogP contribution in [0.2, 0.25) is 0 Å². The fourth-order valence-corrected chi connectivity index (χ4v) is 4.03. The highest BCUT2D eigenvalue weighted by molar-refractivity contribution is 5.81. The van der Waals surface area contributed by atoms with Crippen molar-refractivity contribution in [2.45, 2.75) is 45.4 Å². The van der Waals surface area contributed by atoms with Crippen molar-refractivity contribution in [3.8, 4) is 17.1 Å². The predicted octanol–water partition coefficient (Wildman–Crippen LogP) is 5.62. The average Bonchev–Trinajstić information content (AvgIpc) is 2.75. The van der Waals surface area contributed by atoms with E-state index in [1.54, 1.807) is 6.07 Å². The van der Waals surface area contributed by atoms with Crippen LogP contribution in [0, 0.1) is 0 Å². The Balaban J connectivity index is 1.68. The third-order valence-electron chi connectivity index (χ3n) is 5.87. The minimum atomic E-state index is -0.106. The molecule has 2 heterocycles. The molecule has 1 saturated heterocycles. The smallest absolute Gasteiger partial charge is 0.235 e. The first-order valence-corrected chi connectivity index (χ1v) is 11.0. The van der Waals surface area contributed by atoms with Crippen molar-refractivity contribution >= 4 is 11.0 Å². The maximum atomic E-state index is 13.2. The first-order chi connectivity index (χ1) is 14.4. The van der Waals surface area contributed by atoms with Crippen LogP contribution in [0.1, 0.15) is 45.6 Å². The van der Waals surface area contributed by atoms with Gasteiger partial charge in [-0.2, -0.15) is 0 Å². The van der Waals surface area contributed by atoms with Crippen molar-refractivity contribution in [3.05, 3.63) is 64.3 Å². The molecule has 158 valence electrons. The molecule has 0 aliphatic carbocycles. The van der Waals surface area contributed by atoms with E-state index in [0.717, 1.165) is 25.2 Å². The van der Waals surface area contributed by atoms with Gasteiger partial charge in [0.2, 0.25) is 11.2 Å². The molecule has 2 aromatic carbocycles. The highest BCUT2D eigenvalue weighted by atomic mass is 16.5. The molecular weight excluding hydrogens is 374 g/mol. The zero-order valence-electron chi connectivity index (χ0n) is 18.2. The van der Waals surface area contributed by atoms with Crippen molar-refractivity contribution < 1.29 is 9.15 Å². The maximum absolute atomic E-state index is 13.2. The Morgan fingerprint density at radius 3 is 2.37 bits per heavy atom. The Bertz CT molecular complexity index is 1050. The molecule has 4 nitrogen and oxygen atoms in total. The van der Waals surface area contributed by atoms with Gasteiger partial charge in [0.15, 0.2) is 5.76 Å². The Morgan fingerprint density at radius 1 is 0.967 bits per heavy atom. The Morgan fingerprint density at radius 2 is 1.67 bits per heavy atom. The van der Waals surface area contributed by atoms with Crippen LogP contribution < -0.4 is 10.2 Å². The lowest BCUT2D eigenvalue weighted by atomic mass is 9.86. The van der Waals surface area contributed by atoms with Crippen molar-refractivity contribution in [1.29, 1.82) is 0 Å². The van der Waals surface area contributed by atoms with Crippen LogP contribution in [0.4, 0.5) is 0 Å². The quantitative estimate of drug-likeness (QED) is 0.552. The monoisotopic (exact) mass is 405 g/mol. The van der Waals surface area contributed by atoms with Gasteiger partial charge < -0.3 is 9.15 Å². The summed E-state index contributed by atoms with van der Waals surface area (Å²) in [7, 11) is 0. The number of benzene rings is 2. The SMILES string of the molecule is CC(C)(C)c1ccc(-c2oc3ccccc3c(=O)c2OCCN2CCCCC2)cc1. The summed E-state index contributed by atoms with van der Waals surface area (Å²) < 4.78 is 12.3. The summed E-state index contributed by atoms with van der Waals surface area (Å²) in [4.78, 5) is 15.6. The van der Waals surface area contributed by atoms with E-state index in [-0.39, 0.29) is 10.8 Å². The molecule has 4 rings (SSSR count). The van der Waals surface area contributed by atoms with Gasteiger partial charge in [-0.25, -0.2) is 0 Å². The summed E-state index contributed by atoms with van der Waals surface area (Å²) in [6.45, 7) is 10.1. The standard InChI is InChI=1S/C26H31NO3/c1-26(2,3)20-13-11-19(12-14-20)24-25(29-18-17-27-15-7-4-8-16-27)23(28)21-9-5-6-10-22(21)30-24/h5-6,9-14H,4,7-8,15-18H2,1-3H3. The van der Waals surface area contributed by atoms with Gasteiger partial charge in [-0.1, -0.05) is 63.6 Å². The summed E-state index contributed by atoms with van der Waals surface area (Å²) >= 11 is 0. The number of ether oxygens (including phenoxy) is 1. The molecule has 1 fully saturated rings. The minimum Gasteiger partial charge on any atom is -0.485 e. The molecule has 0 atom stereocenters. The number of nitrogens with zero attached hydrogens (tertiary/aromatic N) is 1. The predicted molar refractivity (Wildman–Crippen MR) is 122 cm³/mol. The lowest BCUT2D eigenvalue weighted by Crippen LogP contribution is -2.33. The van der Waals surface area contributed by atoms with Gasteiger partial charge in [-0.15, -0.1) is 0 Å². The molecule has 0 amide bonds. The molecule has 1 aliphatic rings. The van der Waals surface area contributed by atoms with Crippen LogP contribution in [0.5, 0.6) is 5.75 Å². The highest BCUT2D eigenvalue weighted by Crippen LogP contribution is 2.32. The van der Waals surface area contributed by atoms with Crippen LogP contribution >= 0.6 is 0 Å². The summed E-state index contributed by atoms with van der Waals surface area (Å²) in [5, 5.41) is 0.556. The second-order valence-corrected chi connectivity index (χ2v) is 9.16. The number of rotatable bonds is 5. The fraction of sp³-hybridized carbons (Fsp3) is 0.423. The number of piperidine rings is 1. The molecule has 30 heavy (non-hydrogen) atoms.